The van der Waals surface area contributed by atoms with Gasteiger partial charge in [0.25, 0.3) is 0 Å². The molecule has 0 spiro atoms. The molecule has 2 N–H and O–H groups in total. The van der Waals surface area contributed by atoms with Crippen molar-refractivity contribution in [1.82, 2.24) is 15.0 Å². The Morgan fingerprint density at radius 3 is 3.00 bits per heavy atom. The van der Waals surface area contributed by atoms with E-state index in [1.165, 1.54) is 0 Å². The van der Waals surface area contributed by atoms with Crippen molar-refractivity contribution in [2.24, 2.45) is 5.92 Å². The molecule has 1 aromatic rings. The lowest BCUT2D eigenvalue weighted by Gasteiger charge is -2.10. The monoisotopic (exact) mass is 269 g/mol. The molecule has 0 bridgehead atoms. The van der Waals surface area contributed by atoms with Crippen molar-refractivity contribution in [2.75, 3.05) is 25.4 Å². The Bertz CT molecular complexity index is 455. The van der Waals surface area contributed by atoms with Crippen LogP contribution in [0, 0.1) is 5.92 Å². The molecule has 18 heavy (non-hydrogen) atoms. The summed E-state index contributed by atoms with van der Waals surface area (Å²) < 4.78 is 26.3. The van der Waals surface area contributed by atoms with Crippen LogP contribution in [0.15, 0.2) is 24.4 Å². The highest BCUT2D eigenvalue weighted by atomic mass is 32.2. The van der Waals surface area contributed by atoms with Crippen LogP contribution in [0.25, 0.3) is 0 Å². The number of hydrogen-bond donors (Lipinski definition) is 2. The summed E-state index contributed by atoms with van der Waals surface area (Å²) in [5.41, 5.74) is 0.905. The fourth-order valence-electron chi connectivity index (χ4n) is 2.11. The molecule has 0 saturated carbocycles. The van der Waals surface area contributed by atoms with Gasteiger partial charge in [-0.1, -0.05) is 6.07 Å². The third-order valence-electron chi connectivity index (χ3n) is 3.05. The molecule has 1 aromatic heterocycles. The second-order valence-electron chi connectivity index (χ2n) is 4.61. The van der Waals surface area contributed by atoms with Crippen LogP contribution in [0.5, 0.6) is 0 Å². The maximum atomic E-state index is 11.8. The Balaban J connectivity index is 1.75. The summed E-state index contributed by atoms with van der Waals surface area (Å²) in [4.78, 5) is 4.16. The van der Waals surface area contributed by atoms with Crippen LogP contribution in [0.2, 0.25) is 0 Å². The van der Waals surface area contributed by atoms with Crippen molar-refractivity contribution < 1.29 is 8.42 Å². The predicted molar refractivity (Wildman–Crippen MR) is 70.7 cm³/mol. The van der Waals surface area contributed by atoms with E-state index < -0.39 is 10.0 Å². The summed E-state index contributed by atoms with van der Waals surface area (Å²) >= 11 is 0. The third kappa shape index (κ3) is 4.36. The highest BCUT2D eigenvalue weighted by Gasteiger charge is 2.21. The first-order chi connectivity index (χ1) is 8.66. The zero-order valence-electron chi connectivity index (χ0n) is 10.3. The summed E-state index contributed by atoms with van der Waals surface area (Å²) in [6.07, 6.45) is 3.29. The second kappa shape index (κ2) is 6.26. The van der Waals surface area contributed by atoms with Crippen molar-refractivity contribution in [3.63, 3.8) is 0 Å². The molecule has 5 nitrogen and oxygen atoms in total. The summed E-state index contributed by atoms with van der Waals surface area (Å²) in [5.74, 6) is 0.472. The number of nitrogens with zero attached hydrogens (tertiary/aromatic N) is 1. The number of hydrogen-bond acceptors (Lipinski definition) is 4. The summed E-state index contributed by atoms with van der Waals surface area (Å²) in [6.45, 7) is 2.15. The normalized spacial score (nSPS) is 20.1. The highest BCUT2D eigenvalue weighted by molar-refractivity contribution is 7.89. The molecule has 1 unspecified atom stereocenters. The minimum absolute atomic E-state index is 0.224. The molecule has 100 valence electrons. The predicted octanol–water partition coefficient (Wildman–Crippen LogP) is 0.153. The van der Waals surface area contributed by atoms with Crippen LogP contribution in [0.4, 0.5) is 0 Å². The zero-order valence-corrected chi connectivity index (χ0v) is 11.1. The lowest BCUT2D eigenvalue weighted by atomic mass is 10.2. The van der Waals surface area contributed by atoms with Gasteiger partial charge in [0.05, 0.1) is 5.75 Å². The van der Waals surface area contributed by atoms with E-state index in [0.717, 1.165) is 25.2 Å². The van der Waals surface area contributed by atoms with Crippen LogP contribution >= 0.6 is 0 Å². The standard InChI is InChI=1S/C12H19N3O2S/c16-18(17,10-11-4-7-13-9-11)15-8-5-12-3-1-2-6-14-12/h1-3,6,11,13,15H,4-5,7-10H2. The van der Waals surface area contributed by atoms with Crippen LogP contribution < -0.4 is 10.0 Å². The lowest BCUT2D eigenvalue weighted by molar-refractivity contribution is 0.557. The van der Waals surface area contributed by atoms with E-state index in [1.807, 2.05) is 18.2 Å². The summed E-state index contributed by atoms with van der Waals surface area (Å²) in [6, 6.07) is 5.65. The molecular formula is C12H19N3O2S. The third-order valence-corrected chi connectivity index (χ3v) is 4.60. The Morgan fingerprint density at radius 2 is 2.33 bits per heavy atom. The quantitative estimate of drug-likeness (QED) is 0.771. The Labute approximate surface area is 108 Å². The molecule has 1 fully saturated rings. The molecule has 2 rings (SSSR count). The van der Waals surface area contributed by atoms with Gasteiger partial charge in [-0.05, 0) is 37.6 Å². The molecular weight excluding hydrogens is 250 g/mol. The smallest absolute Gasteiger partial charge is 0.211 e. The largest absolute Gasteiger partial charge is 0.316 e. The maximum absolute atomic E-state index is 11.8. The molecule has 0 amide bonds. The van der Waals surface area contributed by atoms with Crippen molar-refractivity contribution >= 4 is 10.0 Å². The molecule has 6 heteroatoms. The van der Waals surface area contributed by atoms with E-state index >= 15 is 0 Å². The van der Waals surface area contributed by atoms with Gasteiger partial charge in [-0.3, -0.25) is 4.98 Å². The van der Waals surface area contributed by atoms with Gasteiger partial charge in [0.15, 0.2) is 0 Å². The fourth-order valence-corrected chi connectivity index (χ4v) is 3.54. The number of sulfonamides is 1. The van der Waals surface area contributed by atoms with Gasteiger partial charge in [-0.25, -0.2) is 13.1 Å². The first-order valence-corrected chi connectivity index (χ1v) is 7.89. The van der Waals surface area contributed by atoms with Gasteiger partial charge in [0.2, 0.25) is 10.0 Å². The topological polar surface area (TPSA) is 71.1 Å². The van der Waals surface area contributed by atoms with Gasteiger partial charge in [-0.15, -0.1) is 0 Å². The van der Waals surface area contributed by atoms with E-state index in [9.17, 15) is 8.42 Å². The number of nitrogens with one attached hydrogen (secondary N) is 2. The van der Waals surface area contributed by atoms with E-state index in [1.54, 1.807) is 6.20 Å². The molecule has 1 aliphatic heterocycles. The van der Waals surface area contributed by atoms with Gasteiger partial charge < -0.3 is 5.32 Å². The van der Waals surface area contributed by atoms with Crippen molar-refractivity contribution in [1.29, 1.82) is 0 Å². The number of aromatic nitrogens is 1. The van der Waals surface area contributed by atoms with Crippen LogP contribution in [-0.2, 0) is 16.4 Å². The molecule has 0 aliphatic carbocycles. The first kappa shape index (κ1) is 13.5. The van der Waals surface area contributed by atoms with Crippen molar-refractivity contribution in [2.45, 2.75) is 12.8 Å². The van der Waals surface area contributed by atoms with Crippen molar-refractivity contribution in [3.05, 3.63) is 30.1 Å². The molecule has 1 saturated heterocycles. The van der Waals surface area contributed by atoms with Gasteiger partial charge in [-0.2, -0.15) is 0 Å². The summed E-state index contributed by atoms with van der Waals surface area (Å²) in [5, 5.41) is 3.17. The molecule has 1 aliphatic rings. The van der Waals surface area contributed by atoms with Crippen LogP contribution in [0.3, 0.4) is 0 Å². The molecule has 0 aromatic carbocycles. The van der Waals surface area contributed by atoms with Gasteiger partial charge >= 0.3 is 0 Å². The Kier molecular flexibility index (Phi) is 4.68. The highest BCUT2D eigenvalue weighted by Crippen LogP contribution is 2.09. The van der Waals surface area contributed by atoms with E-state index in [-0.39, 0.29) is 11.7 Å². The minimum atomic E-state index is -3.15. The number of pyridine rings is 1. The average molecular weight is 269 g/mol. The SMILES string of the molecule is O=S(=O)(CC1CCNC1)NCCc1ccccn1. The average Bonchev–Trinajstić information content (AvgIpc) is 2.82. The lowest BCUT2D eigenvalue weighted by Crippen LogP contribution is -2.32. The minimum Gasteiger partial charge on any atom is -0.316 e. The van der Waals surface area contributed by atoms with Crippen LogP contribution in [-0.4, -0.2) is 38.8 Å². The second-order valence-corrected chi connectivity index (χ2v) is 6.46. The van der Waals surface area contributed by atoms with Gasteiger partial charge in [0.1, 0.15) is 0 Å². The molecule has 0 radical (unpaired) electrons. The Morgan fingerprint density at radius 1 is 1.44 bits per heavy atom. The van der Waals surface area contributed by atoms with Gasteiger partial charge in [0, 0.05) is 24.9 Å². The zero-order chi connectivity index (χ0) is 12.8. The van der Waals surface area contributed by atoms with E-state index in [0.29, 0.717) is 13.0 Å². The van der Waals surface area contributed by atoms with Crippen LogP contribution in [0.1, 0.15) is 12.1 Å². The molecule has 2 heterocycles. The Hall–Kier alpha value is -0.980. The maximum Gasteiger partial charge on any atom is 0.211 e. The first-order valence-electron chi connectivity index (χ1n) is 6.24. The fraction of sp³-hybridized carbons (Fsp3) is 0.583. The van der Waals surface area contributed by atoms with E-state index in [4.69, 9.17) is 0 Å². The van der Waals surface area contributed by atoms with E-state index in [2.05, 4.69) is 15.0 Å². The van der Waals surface area contributed by atoms with Crippen molar-refractivity contribution in [3.8, 4) is 0 Å². The number of rotatable bonds is 6. The summed E-state index contributed by atoms with van der Waals surface area (Å²) in [7, 11) is -3.15. The molecule has 1 atom stereocenters.